The minimum atomic E-state index is -0.466. The third-order valence-electron chi connectivity index (χ3n) is 2.97. The van der Waals surface area contributed by atoms with Gasteiger partial charge >= 0.3 is 0 Å². The molecule has 0 aliphatic heterocycles. The highest BCUT2D eigenvalue weighted by molar-refractivity contribution is 5.84. The third-order valence-corrected chi connectivity index (χ3v) is 2.97. The molecule has 0 radical (unpaired) electrons. The lowest BCUT2D eigenvalue weighted by molar-refractivity contribution is -0.121. The highest BCUT2D eigenvalue weighted by Gasteiger charge is 2.13. The van der Waals surface area contributed by atoms with Crippen LogP contribution >= 0.6 is 0 Å². The summed E-state index contributed by atoms with van der Waals surface area (Å²) in [4.78, 5) is 11.9. The van der Waals surface area contributed by atoms with Crippen LogP contribution in [0, 0.1) is 12.7 Å². The zero-order valence-electron chi connectivity index (χ0n) is 11.4. The Bertz CT molecular complexity index is 582. The number of carbonyl (C=O) groups excluding carboxylic acids is 1. The van der Waals surface area contributed by atoms with Crippen molar-refractivity contribution in [3.63, 3.8) is 0 Å². The molecule has 1 atom stereocenters. The maximum Gasteiger partial charge on any atom is 0.242 e. The molecule has 2 N–H and O–H groups in total. The molecule has 1 heterocycles. The molecule has 1 aromatic carbocycles. The van der Waals surface area contributed by atoms with Crippen molar-refractivity contribution in [2.45, 2.75) is 26.4 Å². The highest BCUT2D eigenvalue weighted by atomic mass is 19.1. The van der Waals surface area contributed by atoms with Crippen LogP contribution in [0.5, 0.6) is 0 Å². The minimum Gasteiger partial charge on any atom is -0.467 e. The Hall–Kier alpha value is -2.30. The number of nitrogens with one attached hydrogen (secondary N) is 2. The van der Waals surface area contributed by atoms with Crippen LogP contribution in [0.2, 0.25) is 0 Å². The van der Waals surface area contributed by atoms with Crippen molar-refractivity contribution in [1.29, 1.82) is 0 Å². The first-order chi connectivity index (χ1) is 9.56. The molecule has 1 unspecified atom stereocenters. The number of benzene rings is 1. The highest BCUT2D eigenvalue weighted by Crippen LogP contribution is 2.14. The van der Waals surface area contributed by atoms with E-state index in [-0.39, 0.29) is 11.7 Å². The summed E-state index contributed by atoms with van der Waals surface area (Å²) in [6.07, 6.45) is 1.55. The van der Waals surface area contributed by atoms with Gasteiger partial charge in [-0.05, 0) is 43.7 Å². The molecule has 2 aromatic rings. The number of furan rings is 1. The second kappa shape index (κ2) is 6.23. The predicted molar refractivity (Wildman–Crippen MR) is 74.8 cm³/mol. The second-order valence-corrected chi connectivity index (χ2v) is 4.63. The number of hydrogen-bond acceptors (Lipinski definition) is 3. The average molecular weight is 276 g/mol. The first-order valence-electron chi connectivity index (χ1n) is 6.39. The van der Waals surface area contributed by atoms with E-state index in [9.17, 15) is 9.18 Å². The monoisotopic (exact) mass is 276 g/mol. The molecule has 0 bridgehead atoms. The molecule has 1 amide bonds. The molecule has 5 heteroatoms. The molecular formula is C15H17FN2O2. The topological polar surface area (TPSA) is 54.3 Å². The van der Waals surface area contributed by atoms with Gasteiger partial charge in [0, 0.05) is 5.69 Å². The number of amides is 1. The molecule has 20 heavy (non-hydrogen) atoms. The number of rotatable bonds is 5. The number of carbonyl (C=O) groups is 1. The van der Waals surface area contributed by atoms with Crippen molar-refractivity contribution in [3.8, 4) is 0 Å². The fourth-order valence-corrected chi connectivity index (χ4v) is 1.74. The van der Waals surface area contributed by atoms with Gasteiger partial charge in [-0.2, -0.15) is 0 Å². The summed E-state index contributed by atoms with van der Waals surface area (Å²) in [5.41, 5.74) is 1.15. The molecule has 1 aromatic heterocycles. The smallest absolute Gasteiger partial charge is 0.242 e. The van der Waals surface area contributed by atoms with E-state index in [0.29, 0.717) is 23.6 Å². The van der Waals surface area contributed by atoms with Crippen LogP contribution in [-0.4, -0.2) is 11.9 Å². The van der Waals surface area contributed by atoms with E-state index in [1.54, 1.807) is 44.4 Å². The Kier molecular flexibility index (Phi) is 4.40. The van der Waals surface area contributed by atoms with Gasteiger partial charge in [0.1, 0.15) is 17.6 Å². The average Bonchev–Trinajstić information content (AvgIpc) is 2.93. The molecule has 106 valence electrons. The van der Waals surface area contributed by atoms with Crippen LogP contribution in [-0.2, 0) is 11.3 Å². The van der Waals surface area contributed by atoms with Crippen molar-refractivity contribution < 1.29 is 13.6 Å². The molecule has 0 fully saturated rings. The number of anilines is 1. The molecule has 0 spiro atoms. The van der Waals surface area contributed by atoms with E-state index >= 15 is 0 Å². The van der Waals surface area contributed by atoms with Crippen molar-refractivity contribution >= 4 is 11.6 Å². The zero-order chi connectivity index (χ0) is 14.5. The normalized spacial score (nSPS) is 11.9. The summed E-state index contributed by atoms with van der Waals surface area (Å²) in [5.74, 6) is 0.215. The second-order valence-electron chi connectivity index (χ2n) is 4.63. The van der Waals surface area contributed by atoms with Crippen LogP contribution in [0.25, 0.3) is 0 Å². The fraction of sp³-hybridized carbons (Fsp3) is 0.267. The molecule has 2 rings (SSSR count). The Balaban J connectivity index is 1.88. The Labute approximate surface area is 117 Å². The summed E-state index contributed by atoms with van der Waals surface area (Å²) in [6.45, 7) is 3.74. The van der Waals surface area contributed by atoms with Crippen LogP contribution in [0.3, 0.4) is 0 Å². The van der Waals surface area contributed by atoms with Crippen LogP contribution in [0.1, 0.15) is 18.2 Å². The van der Waals surface area contributed by atoms with Gasteiger partial charge < -0.3 is 15.1 Å². The van der Waals surface area contributed by atoms with Gasteiger partial charge in [-0.1, -0.05) is 6.07 Å². The quantitative estimate of drug-likeness (QED) is 0.883. The van der Waals surface area contributed by atoms with Crippen molar-refractivity contribution in [1.82, 2.24) is 5.32 Å². The number of halogens is 1. The first-order valence-corrected chi connectivity index (χ1v) is 6.39. The van der Waals surface area contributed by atoms with Crippen LogP contribution < -0.4 is 10.6 Å². The van der Waals surface area contributed by atoms with E-state index in [4.69, 9.17) is 4.42 Å². The molecular weight excluding hydrogens is 259 g/mol. The summed E-state index contributed by atoms with van der Waals surface area (Å²) in [7, 11) is 0. The SMILES string of the molecule is Cc1ccc(NC(C)C(=O)NCc2ccco2)cc1F. The molecule has 4 nitrogen and oxygen atoms in total. The number of aryl methyl sites for hydroxylation is 1. The molecule has 0 saturated heterocycles. The summed E-state index contributed by atoms with van der Waals surface area (Å²) in [6, 6.07) is 7.88. The van der Waals surface area contributed by atoms with Gasteiger partial charge in [0.15, 0.2) is 0 Å². The maximum atomic E-state index is 13.4. The molecule has 0 aliphatic carbocycles. The van der Waals surface area contributed by atoms with Gasteiger partial charge in [-0.25, -0.2) is 4.39 Å². The minimum absolute atomic E-state index is 0.178. The zero-order valence-corrected chi connectivity index (χ0v) is 11.4. The first kappa shape index (κ1) is 14.1. The fourth-order valence-electron chi connectivity index (χ4n) is 1.74. The van der Waals surface area contributed by atoms with E-state index in [1.807, 2.05) is 0 Å². The van der Waals surface area contributed by atoms with E-state index in [0.717, 1.165) is 0 Å². The molecule has 0 aliphatic rings. The van der Waals surface area contributed by atoms with Gasteiger partial charge in [-0.15, -0.1) is 0 Å². The Morgan fingerprint density at radius 1 is 1.40 bits per heavy atom. The predicted octanol–water partition coefficient (Wildman–Crippen LogP) is 2.84. The van der Waals surface area contributed by atoms with Crippen molar-refractivity contribution in [3.05, 3.63) is 53.7 Å². The van der Waals surface area contributed by atoms with Gasteiger partial charge in [0.2, 0.25) is 5.91 Å². The van der Waals surface area contributed by atoms with Crippen molar-refractivity contribution in [2.75, 3.05) is 5.32 Å². The summed E-state index contributed by atoms with van der Waals surface area (Å²) < 4.78 is 18.5. The van der Waals surface area contributed by atoms with Crippen LogP contribution in [0.15, 0.2) is 41.0 Å². The lowest BCUT2D eigenvalue weighted by Crippen LogP contribution is -2.37. The van der Waals surface area contributed by atoms with Crippen LogP contribution in [0.4, 0.5) is 10.1 Å². The van der Waals surface area contributed by atoms with Gasteiger partial charge in [0.05, 0.1) is 12.8 Å². The van der Waals surface area contributed by atoms with E-state index in [1.165, 1.54) is 6.07 Å². The van der Waals surface area contributed by atoms with E-state index < -0.39 is 6.04 Å². The Morgan fingerprint density at radius 3 is 2.85 bits per heavy atom. The van der Waals surface area contributed by atoms with Gasteiger partial charge in [0.25, 0.3) is 0 Å². The number of hydrogen-bond donors (Lipinski definition) is 2. The maximum absolute atomic E-state index is 13.4. The lowest BCUT2D eigenvalue weighted by Gasteiger charge is -2.15. The standard InChI is InChI=1S/C15H17FN2O2/c1-10-5-6-12(8-14(10)16)18-11(2)15(19)17-9-13-4-3-7-20-13/h3-8,11,18H,9H2,1-2H3,(H,17,19). The summed E-state index contributed by atoms with van der Waals surface area (Å²) in [5, 5.41) is 5.70. The Morgan fingerprint density at radius 2 is 2.20 bits per heavy atom. The third kappa shape index (κ3) is 3.60. The van der Waals surface area contributed by atoms with E-state index in [2.05, 4.69) is 10.6 Å². The largest absolute Gasteiger partial charge is 0.467 e. The van der Waals surface area contributed by atoms with Crippen molar-refractivity contribution in [2.24, 2.45) is 0 Å². The summed E-state index contributed by atoms with van der Waals surface area (Å²) >= 11 is 0. The lowest BCUT2D eigenvalue weighted by atomic mass is 10.2. The molecule has 0 saturated carbocycles. The van der Waals surface area contributed by atoms with Gasteiger partial charge in [-0.3, -0.25) is 4.79 Å².